The van der Waals surface area contributed by atoms with E-state index in [0.29, 0.717) is 11.5 Å². The quantitative estimate of drug-likeness (QED) is 0.653. The highest BCUT2D eigenvalue weighted by atomic mass is 16.3. The topological polar surface area (TPSA) is 96.6 Å². The highest BCUT2D eigenvalue weighted by Gasteiger charge is 2.09. The zero-order valence-electron chi connectivity index (χ0n) is 12.3. The summed E-state index contributed by atoms with van der Waals surface area (Å²) in [6.45, 7) is 3.48. The molecule has 0 unspecified atom stereocenters. The van der Waals surface area contributed by atoms with Gasteiger partial charge in [-0.05, 0) is 38.1 Å². The van der Waals surface area contributed by atoms with Crippen molar-refractivity contribution in [1.29, 1.82) is 0 Å². The lowest BCUT2D eigenvalue weighted by molar-refractivity contribution is -0.115. The van der Waals surface area contributed by atoms with E-state index in [0.717, 1.165) is 5.69 Å². The van der Waals surface area contributed by atoms with Crippen LogP contribution >= 0.6 is 0 Å². The van der Waals surface area contributed by atoms with E-state index in [4.69, 9.17) is 4.42 Å². The van der Waals surface area contributed by atoms with Crippen LogP contribution in [-0.2, 0) is 4.79 Å². The molecule has 0 spiro atoms. The molecule has 2 aromatic heterocycles. The summed E-state index contributed by atoms with van der Waals surface area (Å²) >= 11 is 0. The smallest absolute Gasteiger partial charge is 0.307 e. The van der Waals surface area contributed by atoms with Crippen molar-refractivity contribution in [3.63, 3.8) is 0 Å². The van der Waals surface area contributed by atoms with E-state index in [2.05, 4.69) is 20.8 Å². The van der Waals surface area contributed by atoms with Crippen molar-refractivity contribution in [3.05, 3.63) is 48.0 Å². The normalized spacial score (nSPS) is 11.1. The van der Waals surface area contributed by atoms with Gasteiger partial charge in [0.2, 0.25) is 5.91 Å². The molecule has 7 heteroatoms. The van der Waals surface area contributed by atoms with E-state index in [9.17, 15) is 9.59 Å². The Balaban J connectivity index is 1.85. The van der Waals surface area contributed by atoms with Crippen molar-refractivity contribution < 1.29 is 14.0 Å². The number of hydrogen-bond acceptors (Lipinski definition) is 5. The standard InChI is InChI=1S/C15H16N4O3/c1-10-5-3-7-13(16-10)17-14(20)9-11(2)18-19-15(21)12-6-4-8-22-12/h3-8H,9H2,1-2H3,(H,19,21)(H,16,17,20)/b18-11-. The first kappa shape index (κ1) is 15.4. The molecule has 2 N–H and O–H groups in total. The van der Waals surface area contributed by atoms with Gasteiger partial charge in [0.15, 0.2) is 5.76 Å². The van der Waals surface area contributed by atoms with Crippen molar-refractivity contribution >= 4 is 23.3 Å². The first-order chi connectivity index (χ1) is 10.5. The van der Waals surface area contributed by atoms with Gasteiger partial charge in [-0.25, -0.2) is 10.4 Å². The van der Waals surface area contributed by atoms with Crippen LogP contribution < -0.4 is 10.7 Å². The first-order valence-electron chi connectivity index (χ1n) is 6.65. The molecule has 22 heavy (non-hydrogen) atoms. The lowest BCUT2D eigenvalue weighted by Gasteiger charge is -2.05. The first-order valence-corrected chi connectivity index (χ1v) is 6.65. The molecule has 7 nitrogen and oxygen atoms in total. The molecule has 0 atom stereocenters. The number of anilines is 1. The Hall–Kier alpha value is -2.96. The third kappa shape index (κ3) is 4.55. The SMILES string of the molecule is C/C(CC(=O)Nc1cccc(C)n1)=N/NC(=O)c1ccco1. The molecule has 2 aromatic rings. The van der Waals surface area contributed by atoms with Gasteiger partial charge in [0.1, 0.15) is 5.82 Å². The maximum atomic E-state index is 11.8. The number of carbonyl (C=O) groups is 2. The average Bonchev–Trinajstić information content (AvgIpc) is 2.98. The summed E-state index contributed by atoms with van der Waals surface area (Å²) in [5.74, 6) is -0.0842. The Morgan fingerprint density at radius 1 is 1.27 bits per heavy atom. The molecule has 114 valence electrons. The largest absolute Gasteiger partial charge is 0.459 e. The fraction of sp³-hybridized carbons (Fsp3) is 0.200. The van der Waals surface area contributed by atoms with E-state index in [1.54, 1.807) is 19.1 Å². The minimum Gasteiger partial charge on any atom is -0.459 e. The number of pyridine rings is 1. The Morgan fingerprint density at radius 3 is 2.77 bits per heavy atom. The van der Waals surface area contributed by atoms with Crippen LogP contribution in [0.5, 0.6) is 0 Å². The summed E-state index contributed by atoms with van der Waals surface area (Å²) in [4.78, 5) is 27.6. The fourth-order valence-electron chi connectivity index (χ4n) is 1.68. The van der Waals surface area contributed by atoms with Gasteiger partial charge >= 0.3 is 5.91 Å². The monoisotopic (exact) mass is 300 g/mol. The zero-order valence-corrected chi connectivity index (χ0v) is 12.3. The number of hydrazone groups is 1. The second-order valence-corrected chi connectivity index (χ2v) is 4.65. The second-order valence-electron chi connectivity index (χ2n) is 4.65. The number of furan rings is 1. The van der Waals surface area contributed by atoms with Crippen molar-refractivity contribution in [2.75, 3.05) is 5.32 Å². The maximum Gasteiger partial charge on any atom is 0.307 e. The minimum atomic E-state index is -0.467. The minimum absolute atomic E-state index is 0.0497. The number of amides is 2. The third-order valence-corrected chi connectivity index (χ3v) is 2.67. The van der Waals surface area contributed by atoms with E-state index in [1.807, 2.05) is 19.1 Å². The summed E-state index contributed by atoms with van der Waals surface area (Å²) in [5.41, 5.74) is 3.60. The molecule has 2 amide bonds. The van der Waals surface area contributed by atoms with Gasteiger partial charge in [-0.2, -0.15) is 5.10 Å². The molecule has 0 aliphatic heterocycles. The molecule has 0 saturated carbocycles. The van der Waals surface area contributed by atoms with Crippen LogP contribution in [0.3, 0.4) is 0 Å². The molecule has 0 fully saturated rings. The molecule has 0 aromatic carbocycles. The summed E-state index contributed by atoms with van der Waals surface area (Å²) in [5, 5.41) is 6.52. The predicted octanol–water partition coefficient (Wildman–Crippen LogP) is 2.12. The second kappa shape index (κ2) is 7.16. The molecule has 2 heterocycles. The Kier molecular flexibility index (Phi) is 5.02. The molecule has 0 bridgehead atoms. The van der Waals surface area contributed by atoms with E-state index in [-0.39, 0.29) is 18.1 Å². The number of nitrogens with one attached hydrogen (secondary N) is 2. The van der Waals surface area contributed by atoms with Gasteiger partial charge in [-0.1, -0.05) is 6.07 Å². The van der Waals surface area contributed by atoms with Gasteiger partial charge in [0, 0.05) is 11.4 Å². The lowest BCUT2D eigenvalue weighted by atomic mass is 10.3. The Morgan fingerprint density at radius 2 is 2.09 bits per heavy atom. The lowest BCUT2D eigenvalue weighted by Crippen LogP contribution is -2.21. The maximum absolute atomic E-state index is 11.8. The number of nitrogens with zero attached hydrogens (tertiary/aromatic N) is 2. The van der Waals surface area contributed by atoms with Gasteiger partial charge in [-0.3, -0.25) is 9.59 Å². The van der Waals surface area contributed by atoms with Gasteiger partial charge in [0.05, 0.1) is 12.7 Å². The molecule has 2 rings (SSSR count). The van der Waals surface area contributed by atoms with Crippen molar-refractivity contribution in [1.82, 2.24) is 10.4 Å². The molecular formula is C15H16N4O3. The summed E-state index contributed by atoms with van der Waals surface area (Å²) in [6, 6.07) is 8.48. The average molecular weight is 300 g/mol. The van der Waals surface area contributed by atoms with Crippen LogP contribution in [0.15, 0.2) is 46.1 Å². The highest BCUT2D eigenvalue weighted by molar-refractivity contribution is 6.05. The van der Waals surface area contributed by atoms with Crippen molar-refractivity contribution in [2.24, 2.45) is 5.10 Å². The summed E-state index contributed by atoms with van der Waals surface area (Å²) < 4.78 is 4.93. The van der Waals surface area contributed by atoms with Crippen LogP contribution in [0.25, 0.3) is 0 Å². The van der Waals surface area contributed by atoms with Gasteiger partial charge in [-0.15, -0.1) is 0 Å². The summed E-state index contributed by atoms with van der Waals surface area (Å²) in [7, 11) is 0. The number of hydrogen-bond donors (Lipinski definition) is 2. The molecule has 0 aliphatic rings. The van der Waals surface area contributed by atoms with Gasteiger partial charge < -0.3 is 9.73 Å². The van der Waals surface area contributed by atoms with E-state index in [1.165, 1.54) is 12.3 Å². The number of rotatable bonds is 5. The highest BCUT2D eigenvalue weighted by Crippen LogP contribution is 2.04. The van der Waals surface area contributed by atoms with Gasteiger partial charge in [0.25, 0.3) is 0 Å². The third-order valence-electron chi connectivity index (χ3n) is 2.67. The number of carbonyl (C=O) groups excluding carboxylic acids is 2. The van der Waals surface area contributed by atoms with Crippen LogP contribution in [-0.4, -0.2) is 22.5 Å². The number of aromatic nitrogens is 1. The van der Waals surface area contributed by atoms with E-state index < -0.39 is 5.91 Å². The van der Waals surface area contributed by atoms with Crippen molar-refractivity contribution in [2.45, 2.75) is 20.3 Å². The Labute approximate surface area is 127 Å². The predicted molar refractivity (Wildman–Crippen MR) is 81.5 cm³/mol. The van der Waals surface area contributed by atoms with Crippen molar-refractivity contribution in [3.8, 4) is 0 Å². The van der Waals surface area contributed by atoms with Crippen LogP contribution in [0.4, 0.5) is 5.82 Å². The van der Waals surface area contributed by atoms with Crippen LogP contribution in [0.2, 0.25) is 0 Å². The molecule has 0 radical (unpaired) electrons. The molecular weight excluding hydrogens is 284 g/mol. The summed E-state index contributed by atoms with van der Waals surface area (Å²) in [6.07, 6.45) is 1.45. The molecule has 0 aliphatic carbocycles. The zero-order chi connectivity index (χ0) is 15.9. The van der Waals surface area contributed by atoms with Crippen LogP contribution in [0.1, 0.15) is 29.6 Å². The van der Waals surface area contributed by atoms with E-state index >= 15 is 0 Å². The number of aryl methyl sites for hydroxylation is 1. The Bertz CT molecular complexity index is 693. The fourth-order valence-corrected chi connectivity index (χ4v) is 1.68. The van der Waals surface area contributed by atoms with Crippen LogP contribution in [0, 0.1) is 6.92 Å². The molecule has 0 saturated heterocycles.